The molecule has 0 bridgehead atoms. The molecule has 0 saturated carbocycles. The number of rotatable bonds is 2. The molecule has 0 aliphatic carbocycles. The Kier molecular flexibility index (Phi) is 4.70. The molecular weight excluding hydrogens is 329 g/mol. The van der Waals surface area contributed by atoms with Gasteiger partial charge in [-0.1, -0.05) is 12.1 Å². The Morgan fingerprint density at radius 2 is 1.60 bits per heavy atom. The van der Waals surface area contributed by atoms with Crippen molar-refractivity contribution >= 4 is 11.6 Å². The maximum atomic E-state index is 13.8. The van der Waals surface area contributed by atoms with Gasteiger partial charge in [-0.15, -0.1) is 0 Å². The highest BCUT2D eigenvalue weighted by Gasteiger charge is 2.26. The van der Waals surface area contributed by atoms with Gasteiger partial charge in [0.2, 0.25) is 0 Å². The van der Waals surface area contributed by atoms with Crippen molar-refractivity contribution in [1.82, 2.24) is 4.90 Å². The molecule has 132 valence electrons. The summed E-state index contributed by atoms with van der Waals surface area (Å²) in [5, 5.41) is 0. The smallest absolute Gasteiger partial charge is 0.257 e. The second kappa shape index (κ2) is 6.78. The minimum Gasteiger partial charge on any atom is -0.368 e. The largest absolute Gasteiger partial charge is 0.368 e. The maximum Gasteiger partial charge on any atom is 0.257 e. The number of aryl methyl sites for hydroxylation is 2. The third-order valence-corrected chi connectivity index (χ3v) is 4.54. The van der Waals surface area contributed by atoms with Crippen molar-refractivity contribution in [3.63, 3.8) is 0 Å². The van der Waals surface area contributed by atoms with Crippen molar-refractivity contribution in [1.29, 1.82) is 0 Å². The van der Waals surface area contributed by atoms with E-state index in [2.05, 4.69) is 17.0 Å². The summed E-state index contributed by atoms with van der Waals surface area (Å²) in [5.74, 6) is -4.95. The van der Waals surface area contributed by atoms with E-state index in [9.17, 15) is 18.0 Å². The van der Waals surface area contributed by atoms with Crippen LogP contribution in [0.25, 0.3) is 0 Å². The molecule has 1 heterocycles. The second-order valence-corrected chi connectivity index (χ2v) is 6.29. The molecule has 1 fully saturated rings. The number of carbonyl (C=O) groups is 1. The fraction of sp³-hybridized carbons (Fsp3) is 0.316. The van der Waals surface area contributed by atoms with Gasteiger partial charge in [0.25, 0.3) is 5.91 Å². The van der Waals surface area contributed by atoms with Crippen LogP contribution in [0.5, 0.6) is 0 Å². The molecule has 6 heteroatoms. The van der Waals surface area contributed by atoms with Crippen LogP contribution < -0.4 is 4.90 Å². The lowest BCUT2D eigenvalue weighted by Crippen LogP contribution is -2.49. The zero-order valence-electron chi connectivity index (χ0n) is 14.2. The van der Waals surface area contributed by atoms with E-state index in [-0.39, 0.29) is 0 Å². The van der Waals surface area contributed by atoms with Crippen LogP contribution in [0.2, 0.25) is 0 Å². The third-order valence-electron chi connectivity index (χ3n) is 4.54. The van der Waals surface area contributed by atoms with E-state index in [1.807, 2.05) is 19.9 Å². The standard InChI is InChI=1S/C19H19F3N2O/c1-12-3-4-13(2)16(11-12)23-7-9-24(10-8-23)19(25)14-5-6-15(20)18(22)17(14)21/h3-6,11H,7-10H2,1-2H3. The van der Waals surface area contributed by atoms with Crippen LogP contribution in [0.15, 0.2) is 30.3 Å². The molecule has 1 aliphatic rings. The minimum absolute atomic E-state index is 0.394. The van der Waals surface area contributed by atoms with Crippen LogP contribution in [-0.2, 0) is 0 Å². The van der Waals surface area contributed by atoms with E-state index in [1.165, 1.54) is 4.90 Å². The maximum absolute atomic E-state index is 13.8. The molecule has 2 aromatic carbocycles. The van der Waals surface area contributed by atoms with E-state index < -0.39 is 28.9 Å². The molecule has 2 aromatic rings. The molecule has 3 rings (SSSR count). The van der Waals surface area contributed by atoms with Crippen molar-refractivity contribution in [3.8, 4) is 0 Å². The zero-order valence-corrected chi connectivity index (χ0v) is 14.2. The lowest BCUT2D eigenvalue weighted by molar-refractivity contribution is 0.0740. The predicted octanol–water partition coefficient (Wildman–Crippen LogP) is 3.68. The predicted molar refractivity (Wildman–Crippen MR) is 90.3 cm³/mol. The van der Waals surface area contributed by atoms with E-state index >= 15 is 0 Å². The number of hydrogen-bond donors (Lipinski definition) is 0. The molecule has 0 spiro atoms. The van der Waals surface area contributed by atoms with E-state index in [0.29, 0.717) is 26.2 Å². The summed E-state index contributed by atoms with van der Waals surface area (Å²) in [6.07, 6.45) is 0. The number of hydrogen-bond acceptors (Lipinski definition) is 2. The van der Waals surface area contributed by atoms with Crippen LogP contribution >= 0.6 is 0 Å². The first-order valence-electron chi connectivity index (χ1n) is 8.13. The number of anilines is 1. The van der Waals surface area contributed by atoms with Gasteiger partial charge in [0.05, 0.1) is 5.56 Å². The van der Waals surface area contributed by atoms with Gasteiger partial charge in [-0.25, -0.2) is 13.2 Å². The number of halogens is 3. The highest BCUT2D eigenvalue weighted by atomic mass is 19.2. The van der Waals surface area contributed by atoms with Crippen LogP contribution in [-0.4, -0.2) is 37.0 Å². The quantitative estimate of drug-likeness (QED) is 0.773. The van der Waals surface area contributed by atoms with E-state index in [1.54, 1.807) is 0 Å². The molecule has 1 amide bonds. The summed E-state index contributed by atoms with van der Waals surface area (Å²) in [7, 11) is 0. The first-order chi connectivity index (χ1) is 11.9. The van der Waals surface area contributed by atoms with Gasteiger partial charge in [0.1, 0.15) is 0 Å². The van der Waals surface area contributed by atoms with Crippen molar-refractivity contribution in [2.45, 2.75) is 13.8 Å². The number of piperazine rings is 1. The number of nitrogens with zero attached hydrogens (tertiary/aromatic N) is 2. The van der Waals surface area contributed by atoms with Gasteiger partial charge in [0, 0.05) is 31.9 Å². The number of benzene rings is 2. The lowest BCUT2D eigenvalue weighted by Gasteiger charge is -2.37. The molecule has 0 atom stereocenters. The fourth-order valence-electron chi connectivity index (χ4n) is 3.07. The van der Waals surface area contributed by atoms with Crippen LogP contribution in [0.4, 0.5) is 18.9 Å². The van der Waals surface area contributed by atoms with Gasteiger partial charge in [-0.05, 0) is 43.2 Å². The summed E-state index contributed by atoms with van der Waals surface area (Å²) in [4.78, 5) is 16.1. The zero-order chi connectivity index (χ0) is 18.1. The van der Waals surface area contributed by atoms with E-state index in [4.69, 9.17) is 0 Å². The summed E-state index contributed by atoms with van der Waals surface area (Å²) in [5.41, 5.74) is 2.99. The summed E-state index contributed by atoms with van der Waals surface area (Å²) < 4.78 is 40.2. The monoisotopic (exact) mass is 348 g/mol. The Bertz CT molecular complexity index is 815. The van der Waals surface area contributed by atoms with Crippen molar-refractivity contribution < 1.29 is 18.0 Å². The average Bonchev–Trinajstić information content (AvgIpc) is 2.61. The van der Waals surface area contributed by atoms with Gasteiger partial charge >= 0.3 is 0 Å². The first-order valence-corrected chi connectivity index (χ1v) is 8.13. The third kappa shape index (κ3) is 3.34. The van der Waals surface area contributed by atoms with E-state index in [0.717, 1.165) is 28.9 Å². The summed E-state index contributed by atoms with van der Waals surface area (Å²) in [6, 6.07) is 7.97. The molecule has 1 saturated heterocycles. The Balaban J connectivity index is 1.73. The first kappa shape index (κ1) is 17.3. The fourth-order valence-corrected chi connectivity index (χ4v) is 3.07. The highest BCUT2D eigenvalue weighted by molar-refractivity contribution is 5.94. The highest BCUT2D eigenvalue weighted by Crippen LogP contribution is 2.24. The summed E-state index contributed by atoms with van der Waals surface area (Å²) >= 11 is 0. The Labute approximate surface area is 144 Å². The molecule has 25 heavy (non-hydrogen) atoms. The molecular formula is C19H19F3N2O. The van der Waals surface area contributed by atoms with Gasteiger partial charge < -0.3 is 9.80 Å². The molecule has 1 aliphatic heterocycles. The van der Waals surface area contributed by atoms with Crippen LogP contribution in [0.3, 0.4) is 0 Å². The molecule has 3 nitrogen and oxygen atoms in total. The Morgan fingerprint density at radius 3 is 2.28 bits per heavy atom. The number of carbonyl (C=O) groups excluding carboxylic acids is 1. The Hall–Kier alpha value is -2.50. The molecule has 0 unspecified atom stereocenters. The second-order valence-electron chi connectivity index (χ2n) is 6.29. The molecule has 0 N–H and O–H groups in total. The van der Waals surface area contributed by atoms with Crippen LogP contribution in [0.1, 0.15) is 21.5 Å². The Morgan fingerprint density at radius 1 is 0.920 bits per heavy atom. The minimum atomic E-state index is -1.61. The normalized spacial score (nSPS) is 14.8. The molecule has 0 radical (unpaired) electrons. The van der Waals surface area contributed by atoms with Gasteiger partial charge in [-0.2, -0.15) is 0 Å². The van der Waals surface area contributed by atoms with Gasteiger partial charge in [0.15, 0.2) is 17.5 Å². The van der Waals surface area contributed by atoms with Crippen molar-refractivity contribution in [3.05, 3.63) is 64.5 Å². The average molecular weight is 348 g/mol. The van der Waals surface area contributed by atoms with Crippen LogP contribution in [0, 0.1) is 31.3 Å². The SMILES string of the molecule is Cc1ccc(C)c(N2CCN(C(=O)c3ccc(F)c(F)c3F)CC2)c1. The number of amides is 1. The lowest BCUT2D eigenvalue weighted by atomic mass is 10.1. The summed E-state index contributed by atoms with van der Waals surface area (Å²) in [6.45, 7) is 6.04. The van der Waals surface area contributed by atoms with Crippen molar-refractivity contribution in [2.75, 3.05) is 31.1 Å². The van der Waals surface area contributed by atoms with Gasteiger partial charge in [-0.3, -0.25) is 4.79 Å². The topological polar surface area (TPSA) is 23.6 Å². The van der Waals surface area contributed by atoms with Crippen molar-refractivity contribution in [2.24, 2.45) is 0 Å². The molecule has 0 aromatic heterocycles.